The van der Waals surface area contributed by atoms with Crippen LogP contribution in [0.25, 0.3) is 10.2 Å². The van der Waals surface area contributed by atoms with Crippen LogP contribution >= 0.6 is 11.3 Å². The number of amides is 1. The molecule has 0 atom stereocenters. The highest BCUT2D eigenvalue weighted by molar-refractivity contribution is 7.16. The van der Waals surface area contributed by atoms with Gasteiger partial charge in [0.05, 0.1) is 23.2 Å². The van der Waals surface area contributed by atoms with Gasteiger partial charge in [-0.25, -0.2) is 0 Å². The monoisotopic (exact) mass is 354 g/mol. The van der Waals surface area contributed by atoms with Crippen molar-refractivity contribution < 1.29 is 9.53 Å². The Hall–Kier alpha value is -2.24. The zero-order valence-electron chi connectivity index (χ0n) is 14.8. The summed E-state index contributed by atoms with van der Waals surface area (Å²) in [7, 11) is 1.68. The number of carbonyl (C=O) groups is 1. The minimum absolute atomic E-state index is 0.127. The number of hydrogen-bond acceptors (Lipinski definition) is 3. The van der Waals surface area contributed by atoms with E-state index >= 15 is 0 Å². The fourth-order valence-electron chi connectivity index (χ4n) is 2.91. The first-order valence-electron chi connectivity index (χ1n) is 8.29. The Kier molecular flexibility index (Phi) is 5.46. The Bertz CT molecular complexity index is 955. The number of rotatable bonds is 5. The van der Waals surface area contributed by atoms with Crippen molar-refractivity contribution in [3.05, 3.63) is 64.0 Å². The van der Waals surface area contributed by atoms with Gasteiger partial charge in [0.2, 0.25) is 0 Å². The lowest BCUT2D eigenvalue weighted by molar-refractivity contribution is -0.117. The van der Waals surface area contributed by atoms with Crippen LogP contribution in [0.5, 0.6) is 0 Å². The zero-order chi connectivity index (χ0) is 17.8. The fraction of sp³-hybridized carbons (Fsp3) is 0.300. The third-order valence-electron chi connectivity index (χ3n) is 4.05. The summed E-state index contributed by atoms with van der Waals surface area (Å²) in [6.07, 6.45) is 0.317. The fourth-order valence-corrected chi connectivity index (χ4v) is 4.04. The van der Waals surface area contributed by atoms with Crippen molar-refractivity contribution in [1.82, 2.24) is 4.57 Å². The van der Waals surface area contributed by atoms with Crippen LogP contribution in [0.15, 0.2) is 47.5 Å². The molecule has 0 bridgehead atoms. The molecule has 0 aliphatic carbocycles. The lowest BCUT2D eigenvalue weighted by Crippen LogP contribution is -2.19. The molecule has 0 unspecified atom stereocenters. The Morgan fingerprint density at radius 2 is 1.96 bits per heavy atom. The molecule has 3 aromatic rings. The van der Waals surface area contributed by atoms with Crippen LogP contribution in [0, 0.1) is 13.8 Å². The predicted octanol–water partition coefficient (Wildman–Crippen LogP) is 3.64. The maximum Gasteiger partial charge on any atom is 0.252 e. The SMILES string of the molecule is COCCn1c(=NC(=O)Cc2ccccc2)sc2c(C)cc(C)cc21. The van der Waals surface area contributed by atoms with Gasteiger partial charge < -0.3 is 9.30 Å². The number of aryl methyl sites for hydroxylation is 2. The van der Waals surface area contributed by atoms with E-state index in [0.29, 0.717) is 19.6 Å². The number of nitrogens with zero attached hydrogens (tertiary/aromatic N) is 2. The van der Waals surface area contributed by atoms with Crippen LogP contribution in [0.2, 0.25) is 0 Å². The van der Waals surface area contributed by atoms with E-state index in [1.807, 2.05) is 30.3 Å². The minimum atomic E-state index is -0.127. The molecule has 1 aromatic heterocycles. The van der Waals surface area contributed by atoms with E-state index in [1.54, 1.807) is 18.4 Å². The summed E-state index contributed by atoms with van der Waals surface area (Å²) in [5.41, 5.74) is 4.51. The van der Waals surface area contributed by atoms with E-state index < -0.39 is 0 Å². The van der Waals surface area contributed by atoms with Gasteiger partial charge in [0, 0.05) is 13.7 Å². The molecule has 0 saturated heterocycles. The number of benzene rings is 2. The lowest BCUT2D eigenvalue weighted by atomic mass is 10.1. The van der Waals surface area contributed by atoms with Crippen LogP contribution in [0.1, 0.15) is 16.7 Å². The molecule has 0 N–H and O–H groups in total. The Labute approximate surface area is 151 Å². The smallest absolute Gasteiger partial charge is 0.252 e. The third kappa shape index (κ3) is 4.06. The van der Waals surface area contributed by atoms with Crippen molar-refractivity contribution in [1.29, 1.82) is 0 Å². The van der Waals surface area contributed by atoms with Crippen LogP contribution in [-0.4, -0.2) is 24.2 Å². The Morgan fingerprint density at radius 1 is 1.20 bits per heavy atom. The molecular weight excluding hydrogens is 332 g/mol. The average molecular weight is 354 g/mol. The first kappa shape index (κ1) is 17.6. The van der Waals surface area contributed by atoms with E-state index in [2.05, 4.69) is 35.5 Å². The maximum atomic E-state index is 12.4. The molecule has 0 aliphatic heterocycles. The van der Waals surface area contributed by atoms with Crippen molar-refractivity contribution >= 4 is 27.5 Å². The first-order valence-corrected chi connectivity index (χ1v) is 9.11. The van der Waals surface area contributed by atoms with E-state index in [1.165, 1.54) is 15.8 Å². The van der Waals surface area contributed by atoms with Gasteiger partial charge in [0.25, 0.3) is 5.91 Å². The molecule has 3 rings (SSSR count). The normalized spacial score (nSPS) is 12.0. The van der Waals surface area contributed by atoms with E-state index in [9.17, 15) is 4.79 Å². The van der Waals surface area contributed by atoms with Crippen molar-refractivity contribution in [2.45, 2.75) is 26.8 Å². The summed E-state index contributed by atoms with van der Waals surface area (Å²) in [5.74, 6) is -0.127. The number of hydrogen-bond donors (Lipinski definition) is 0. The molecule has 5 heteroatoms. The quantitative estimate of drug-likeness (QED) is 0.702. The van der Waals surface area contributed by atoms with Crippen molar-refractivity contribution in [2.24, 2.45) is 4.99 Å². The molecule has 1 amide bonds. The van der Waals surface area contributed by atoms with Crippen molar-refractivity contribution in [3.8, 4) is 0 Å². The standard InChI is InChI=1S/C20H22N2O2S/c1-14-11-15(2)19-17(12-14)22(9-10-24-3)20(25-19)21-18(23)13-16-7-5-4-6-8-16/h4-8,11-12H,9-10,13H2,1-3H3. The molecular formula is C20H22N2O2S. The molecule has 1 heterocycles. The van der Waals surface area contributed by atoms with Crippen LogP contribution < -0.4 is 4.80 Å². The number of ether oxygens (including phenoxy) is 1. The summed E-state index contributed by atoms with van der Waals surface area (Å²) in [5, 5.41) is 0. The minimum Gasteiger partial charge on any atom is -0.383 e. The number of methoxy groups -OCH3 is 1. The van der Waals surface area contributed by atoms with Crippen molar-refractivity contribution in [3.63, 3.8) is 0 Å². The second-order valence-electron chi connectivity index (χ2n) is 6.13. The largest absolute Gasteiger partial charge is 0.383 e. The van der Waals surface area contributed by atoms with Gasteiger partial charge in [-0.3, -0.25) is 4.79 Å². The highest BCUT2D eigenvalue weighted by atomic mass is 32.1. The molecule has 130 valence electrons. The van der Waals surface area contributed by atoms with Crippen LogP contribution in [0.4, 0.5) is 0 Å². The number of thiazole rings is 1. The molecule has 0 fully saturated rings. The summed E-state index contributed by atoms with van der Waals surface area (Å²) in [4.78, 5) is 17.6. The first-order chi connectivity index (χ1) is 12.1. The van der Waals surface area contributed by atoms with Crippen molar-refractivity contribution in [2.75, 3.05) is 13.7 Å². The van der Waals surface area contributed by atoms with Gasteiger partial charge in [-0.1, -0.05) is 47.7 Å². The molecule has 25 heavy (non-hydrogen) atoms. The van der Waals surface area contributed by atoms with Gasteiger partial charge in [-0.2, -0.15) is 4.99 Å². The van der Waals surface area contributed by atoms with Crippen LogP contribution in [-0.2, 0) is 22.5 Å². The summed E-state index contributed by atoms with van der Waals surface area (Å²) in [6.45, 7) is 5.44. The molecule has 4 nitrogen and oxygen atoms in total. The predicted molar refractivity (Wildman–Crippen MR) is 102 cm³/mol. The van der Waals surface area contributed by atoms with E-state index in [0.717, 1.165) is 15.9 Å². The van der Waals surface area contributed by atoms with E-state index in [4.69, 9.17) is 4.74 Å². The third-order valence-corrected chi connectivity index (χ3v) is 5.28. The molecule has 2 aromatic carbocycles. The van der Waals surface area contributed by atoms with Gasteiger partial charge in [0.1, 0.15) is 0 Å². The lowest BCUT2D eigenvalue weighted by Gasteiger charge is -2.06. The van der Waals surface area contributed by atoms with Gasteiger partial charge >= 0.3 is 0 Å². The van der Waals surface area contributed by atoms with Crippen LogP contribution in [0.3, 0.4) is 0 Å². The van der Waals surface area contributed by atoms with E-state index in [-0.39, 0.29) is 5.91 Å². The maximum absolute atomic E-state index is 12.4. The Morgan fingerprint density at radius 3 is 2.68 bits per heavy atom. The second-order valence-corrected chi connectivity index (χ2v) is 7.10. The second kappa shape index (κ2) is 7.76. The number of carbonyl (C=O) groups excluding carboxylic acids is 1. The average Bonchev–Trinajstić information content (AvgIpc) is 2.91. The van der Waals surface area contributed by atoms with Gasteiger partial charge in [-0.05, 0) is 36.6 Å². The zero-order valence-corrected chi connectivity index (χ0v) is 15.6. The van der Waals surface area contributed by atoms with Gasteiger partial charge in [0.15, 0.2) is 4.80 Å². The highest BCUT2D eigenvalue weighted by Gasteiger charge is 2.11. The number of aromatic nitrogens is 1. The molecule has 0 radical (unpaired) electrons. The molecule has 0 aliphatic rings. The van der Waals surface area contributed by atoms with Gasteiger partial charge in [-0.15, -0.1) is 0 Å². The number of fused-ring (bicyclic) bond motifs is 1. The Balaban J connectivity index is 2.04. The summed E-state index contributed by atoms with van der Waals surface area (Å²) in [6, 6.07) is 14.0. The topological polar surface area (TPSA) is 43.6 Å². The molecule has 0 spiro atoms. The molecule has 0 saturated carbocycles. The highest BCUT2D eigenvalue weighted by Crippen LogP contribution is 2.23. The summed E-state index contributed by atoms with van der Waals surface area (Å²) >= 11 is 1.57. The summed E-state index contributed by atoms with van der Waals surface area (Å²) < 4.78 is 8.50.